The highest BCUT2D eigenvalue weighted by molar-refractivity contribution is 14.0. The van der Waals surface area contributed by atoms with E-state index in [1.165, 1.54) is 0 Å². The molecule has 0 spiro atoms. The van der Waals surface area contributed by atoms with Gasteiger partial charge in [0.15, 0.2) is 11.7 Å². The third-order valence-electron chi connectivity index (χ3n) is 6.27. The van der Waals surface area contributed by atoms with Gasteiger partial charge in [0.1, 0.15) is 5.82 Å². The van der Waals surface area contributed by atoms with Crippen molar-refractivity contribution in [2.24, 2.45) is 4.99 Å². The number of halogens is 2. The number of nitrogens with one attached hydrogen (secondary N) is 2. The molecule has 2 heterocycles. The molecule has 1 fully saturated rings. The molecule has 1 aliphatic heterocycles. The molecule has 1 saturated heterocycles. The van der Waals surface area contributed by atoms with Crippen LogP contribution in [0.4, 0.5) is 10.1 Å². The molecule has 1 aromatic carbocycles. The largest absolute Gasteiger partial charge is 0.367 e. The van der Waals surface area contributed by atoms with E-state index < -0.39 is 0 Å². The van der Waals surface area contributed by atoms with Gasteiger partial charge in [0.2, 0.25) is 0 Å². The van der Waals surface area contributed by atoms with Crippen LogP contribution >= 0.6 is 24.0 Å². The van der Waals surface area contributed by atoms with Crippen molar-refractivity contribution in [2.45, 2.75) is 52.6 Å². The molecule has 7 nitrogen and oxygen atoms in total. The molecular formula is C24H38FIN6O. The van der Waals surface area contributed by atoms with Crippen molar-refractivity contribution in [1.29, 1.82) is 0 Å². The summed E-state index contributed by atoms with van der Waals surface area (Å²) in [5.74, 6) is 1.66. The van der Waals surface area contributed by atoms with Crippen molar-refractivity contribution in [2.75, 3.05) is 44.7 Å². The summed E-state index contributed by atoms with van der Waals surface area (Å²) in [6.45, 7) is 12.2. The van der Waals surface area contributed by atoms with Gasteiger partial charge in [-0.05, 0) is 37.1 Å². The van der Waals surface area contributed by atoms with E-state index in [0.29, 0.717) is 30.7 Å². The van der Waals surface area contributed by atoms with Crippen molar-refractivity contribution >= 4 is 35.6 Å². The molecule has 0 bridgehead atoms. The molecule has 33 heavy (non-hydrogen) atoms. The van der Waals surface area contributed by atoms with Gasteiger partial charge in [-0.25, -0.2) is 4.39 Å². The molecule has 0 amide bonds. The average Bonchev–Trinajstić information content (AvgIpc) is 3.29. The maximum absolute atomic E-state index is 14.8. The Morgan fingerprint density at radius 1 is 1.09 bits per heavy atom. The Kier molecular flexibility index (Phi) is 11.4. The summed E-state index contributed by atoms with van der Waals surface area (Å²) in [6.07, 6.45) is 2.09. The van der Waals surface area contributed by atoms with Crippen molar-refractivity contribution in [3.8, 4) is 0 Å². The number of guanidine groups is 1. The van der Waals surface area contributed by atoms with Crippen LogP contribution in [0, 0.1) is 5.82 Å². The van der Waals surface area contributed by atoms with Crippen LogP contribution in [0.3, 0.4) is 0 Å². The maximum atomic E-state index is 14.8. The second-order valence-electron chi connectivity index (χ2n) is 8.22. The Morgan fingerprint density at radius 2 is 1.79 bits per heavy atom. The van der Waals surface area contributed by atoms with Crippen molar-refractivity contribution in [3.63, 3.8) is 0 Å². The van der Waals surface area contributed by atoms with E-state index in [9.17, 15) is 4.39 Å². The second kappa shape index (κ2) is 13.7. The number of rotatable bonds is 9. The molecule has 0 radical (unpaired) electrons. The van der Waals surface area contributed by atoms with Crippen LogP contribution in [-0.4, -0.2) is 55.8 Å². The summed E-state index contributed by atoms with van der Waals surface area (Å²) in [5.41, 5.74) is 2.56. The first-order valence-corrected chi connectivity index (χ1v) is 11.7. The minimum Gasteiger partial charge on any atom is -0.367 e. The van der Waals surface area contributed by atoms with Crippen LogP contribution in [0.1, 0.15) is 56.5 Å². The summed E-state index contributed by atoms with van der Waals surface area (Å²) in [7, 11) is 1.71. The molecule has 3 rings (SSSR count). The summed E-state index contributed by atoms with van der Waals surface area (Å²) < 4.78 is 20.2. The predicted octanol–water partition coefficient (Wildman–Crippen LogP) is 4.34. The normalized spacial score (nSPS) is 15.0. The first-order chi connectivity index (χ1) is 15.6. The summed E-state index contributed by atoms with van der Waals surface area (Å²) in [6, 6.07) is 7.48. The molecule has 2 aromatic rings. The number of anilines is 1. The molecular weight excluding hydrogens is 534 g/mol. The van der Waals surface area contributed by atoms with E-state index in [1.54, 1.807) is 13.1 Å². The highest BCUT2D eigenvalue weighted by Crippen LogP contribution is 2.23. The van der Waals surface area contributed by atoms with Gasteiger partial charge >= 0.3 is 0 Å². The molecule has 0 saturated carbocycles. The Hall–Kier alpha value is -1.88. The van der Waals surface area contributed by atoms with Gasteiger partial charge in [0.25, 0.3) is 0 Å². The Morgan fingerprint density at radius 3 is 2.39 bits per heavy atom. The highest BCUT2D eigenvalue weighted by atomic mass is 127. The lowest BCUT2D eigenvalue weighted by Gasteiger charge is -2.35. The van der Waals surface area contributed by atoms with Crippen LogP contribution in [0.5, 0.6) is 0 Å². The SMILES string of the molecule is CCC(CC)c1cc(CNC(=NC)NCc2ccc(N3CCN(CC)CC3)c(F)c2)on1.I. The van der Waals surface area contributed by atoms with Gasteiger partial charge in [-0.2, -0.15) is 0 Å². The van der Waals surface area contributed by atoms with E-state index >= 15 is 0 Å². The lowest BCUT2D eigenvalue weighted by atomic mass is 9.99. The molecule has 0 unspecified atom stereocenters. The van der Waals surface area contributed by atoms with Gasteiger partial charge in [-0.15, -0.1) is 24.0 Å². The van der Waals surface area contributed by atoms with Crippen LogP contribution in [0.15, 0.2) is 33.8 Å². The molecule has 184 valence electrons. The van der Waals surface area contributed by atoms with Crippen molar-refractivity contribution in [3.05, 3.63) is 47.1 Å². The van der Waals surface area contributed by atoms with E-state index in [1.807, 2.05) is 18.2 Å². The average molecular weight is 573 g/mol. The zero-order chi connectivity index (χ0) is 22.9. The molecule has 0 aliphatic carbocycles. The van der Waals surface area contributed by atoms with Crippen LogP contribution in [0.25, 0.3) is 0 Å². The Balaban J connectivity index is 0.00000385. The summed E-state index contributed by atoms with van der Waals surface area (Å²) in [5, 5.41) is 10.7. The number of benzene rings is 1. The van der Waals surface area contributed by atoms with E-state index in [4.69, 9.17) is 4.52 Å². The highest BCUT2D eigenvalue weighted by Gasteiger charge is 2.18. The third-order valence-corrected chi connectivity index (χ3v) is 6.27. The fraction of sp³-hybridized carbons (Fsp3) is 0.583. The zero-order valence-corrected chi connectivity index (χ0v) is 22.6. The van der Waals surface area contributed by atoms with Gasteiger partial charge in [-0.3, -0.25) is 4.99 Å². The standard InChI is InChI=1S/C24H37FN6O.HI/c1-5-19(6-2)22-15-20(32-29-22)17-28-24(26-4)27-16-18-8-9-23(21(25)14-18)31-12-10-30(7-3)11-13-31;/h8-9,14-15,19H,5-7,10-13,16-17H2,1-4H3,(H2,26,27,28);1H. The quantitative estimate of drug-likeness (QED) is 0.265. The monoisotopic (exact) mass is 572 g/mol. The predicted molar refractivity (Wildman–Crippen MR) is 143 cm³/mol. The Labute approximate surface area is 214 Å². The zero-order valence-electron chi connectivity index (χ0n) is 20.2. The van der Waals surface area contributed by atoms with Crippen LogP contribution in [-0.2, 0) is 13.1 Å². The number of aliphatic imine (C=N–C) groups is 1. The summed E-state index contributed by atoms with van der Waals surface area (Å²) in [4.78, 5) is 8.76. The maximum Gasteiger partial charge on any atom is 0.191 e. The minimum absolute atomic E-state index is 0. The first-order valence-electron chi connectivity index (χ1n) is 11.7. The Bertz CT molecular complexity index is 878. The van der Waals surface area contributed by atoms with Gasteiger partial charge < -0.3 is 25.0 Å². The first kappa shape index (κ1) is 27.4. The molecule has 1 aromatic heterocycles. The molecule has 2 N–H and O–H groups in total. The van der Waals surface area contributed by atoms with Crippen molar-refractivity contribution < 1.29 is 8.91 Å². The van der Waals surface area contributed by atoms with Gasteiger partial charge in [-0.1, -0.05) is 32.0 Å². The topological polar surface area (TPSA) is 68.9 Å². The second-order valence-corrected chi connectivity index (χ2v) is 8.22. The smallest absolute Gasteiger partial charge is 0.191 e. The fourth-order valence-electron chi connectivity index (χ4n) is 4.11. The number of likely N-dealkylation sites (N-methyl/N-ethyl adjacent to an activating group) is 1. The van der Waals surface area contributed by atoms with Crippen LogP contribution < -0.4 is 15.5 Å². The number of hydrogen-bond acceptors (Lipinski definition) is 5. The lowest BCUT2D eigenvalue weighted by Crippen LogP contribution is -2.46. The number of hydrogen-bond donors (Lipinski definition) is 2. The third kappa shape index (κ3) is 7.56. The van der Waals surface area contributed by atoms with Crippen molar-refractivity contribution in [1.82, 2.24) is 20.7 Å². The summed E-state index contributed by atoms with van der Waals surface area (Å²) >= 11 is 0. The van der Waals surface area contributed by atoms with Gasteiger partial charge in [0.05, 0.1) is 17.9 Å². The minimum atomic E-state index is -0.173. The number of aromatic nitrogens is 1. The van der Waals surface area contributed by atoms with Gasteiger partial charge in [0, 0.05) is 51.8 Å². The van der Waals surface area contributed by atoms with Crippen LogP contribution in [0.2, 0.25) is 0 Å². The van der Waals surface area contributed by atoms with E-state index in [0.717, 1.165) is 62.6 Å². The fourth-order valence-corrected chi connectivity index (χ4v) is 4.11. The molecule has 9 heteroatoms. The number of piperazine rings is 1. The van der Waals surface area contributed by atoms with E-state index in [2.05, 4.69) is 51.4 Å². The lowest BCUT2D eigenvalue weighted by molar-refractivity contribution is 0.270. The molecule has 1 aliphatic rings. The van der Waals surface area contributed by atoms with E-state index in [-0.39, 0.29) is 29.8 Å². The molecule has 0 atom stereocenters. The number of nitrogens with zero attached hydrogens (tertiary/aromatic N) is 4.